The topological polar surface area (TPSA) is 78.7 Å². The van der Waals surface area contributed by atoms with Gasteiger partial charge in [0.1, 0.15) is 0 Å². The van der Waals surface area contributed by atoms with Gasteiger partial charge in [-0.25, -0.2) is 9.36 Å². The monoisotopic (exact) mass is 151 g/mol. The molecule has 1 aromatic rings. The Kier molecular flexibility index (Phi) is 1.60. The van der Waals surface area contributed by atoms with E-state index >= 15 is 0 Å². The molecule has 0 aromatic carbocycles. The SMILES string of the molecule is Cc1cn(C#N)c(=O)[nH]c1=O. The van der Waals surface area contributed by atoms with E-state index in [1.807, 2.05) is 4.98 Å². The molecule has 0 unspecified atom stereocenters. The van der Waals surface area contributed by atoms with E-state index in [9.17, 15) is 9.59 Å². The molecular weight excluding hydrogens is 146 g/mol. The van der Waals surface area contributed by atoms with Crippen molar-refractivity contribution in [3.8, 4) is 6.19 Å². The Morgan fingerprint density at radius 2 is 2.27 bits per heavy atom. The summed E-state index contributed by atoms with van der Waals surface area (Å²) in [6, 6.07) is 0. The molecule has 11 heavy (non-hydrogen) atoms. The number of aromatic nitrogens is 2. The Morgan fingerprint density at radius 1 is 1.64 bits per heavy atom. The maximum Gasteiger partial charge on any atom is 0.341 e. The van der Waals surface area contributed by atoms with E-state index in [1.165, 1.54) is 13.1 Å². The van der Waals surface area contributed by atoms with Gasteiger partial charge >= 0.3 is 5.69 Å². The van der Waals surface area contributed by atoms with Crippen LogP contribution in [0.3, 0.4) is 0 Å². The Bertz CT molecular complexity index is 421. The third kappa shape index (κ3) is 1.19. The molecule has 1 heterocycles. The molecule has 0 saturated carbocycles. The van der Waals surface area contributed by atoms with Crippen LogP contribution in [-0.2, 0) is 0 Å². The Labute approximate surface area is 61.5 Å². The fourth-order valence-corrected chi connectivity index (χ4v) is 0.641. The molecule has 0 aliphatic carbocycles. The minimum Gasteiger partial charge on any atom is -0.273 e. The molecule has 0 amide bonds. The van der Waals surface area contributed by atoms with Crippen LogP contribution in [0.1, 0.15) is 5.56 Å². The average molecular weight is 151 g/mol. The van der Waals surface area contributed by atoms with Crippen molar-refractivity contribution < 1.29 is 0 Å². The van der Waals surface area contributed by atoms with Gasteiger partial charge in [-0.2, -0.15) is 5.26 Å². The number of nitrogens with zero attached hydrogens (tertiary/aromatic N) is 2. The zero-order chi connectivity index (χ0) is 8.43. The maximum atomic E-state index is 10.7. The van der Waals surface area contributed by atoms with E-state index in [4.69, 9.17) is 5.26 Å². The first-order valence-corrected chi connectivity index (χ1v) is 2.88. The zero-order valence-electron chi connectivity index (χ0n) is 5.79. The third-order valence-corrected chi connectivity index (χ3v) is 1.23. The standard InChI is InChI=1S/C6H5N3O2/c1-4-2-9(3-7)6(11)8-5(4)10/h2H,1H3,(H,8,10,11). The molecule has 0 bridgehead atoms. The van der Waals surface area contributed by atoms with Crippen LogP contribution in [0.5, 0.6) is 0 Å². The highest BCUT2D eigenvalue weighted by atomic mass is 16.2. The van der Waals surface area contributed by atoms with Gasteiger partial charge in [0, 0.05) is 11.8 Å². The molecule has 0 aliphatic rings. The maximum absolute atomic E-state index is 10.7. The van der Waals surface area contributed by atoms with E-state index in [-0.39, 0.29) is 0 Å². The van der Waals surface area contributed by atoms with E-state index in [0.29, 0.717) is 5.56 Å². The summed E-state index contributed by atoms with van der Waals surface area (Å²) in [5, 5.41) is 8.32. The summed E-state index contributed by atoms with van der Waals surface area (Å²) in [5.41, 5.74) is -0.823. The van der Waals surface area contributed by atoms with Crippen LogP contribution in [0.15, 0.2) is 15.8 Å². The molecule has 0 aliphatic heterocycles. The molecule has 1 aromatic heterocycles. The largest absolute Gasteiger partial charge is 0.341 e. The van der Waals surface area contributed by atoms with Crippen molar-refractivity contribution in [1.29, 1.82) is 5.26 Å². The molecule has 0 spiro atoms. The number of hydrogen-bond acceptors (Lipinski definition) is 3. The number of nitriles is 1. The predicted octanol–water partition coefficient (Wildman–Crippen LogP) is -0.826. The molecule has 0 atom stereocenters. The predicted molar refractivity (Wildman–Crippen MR) is 37.1 cm³/mol. The Morgan fingerprint density at radius 3 is 2.82 bits per heavy atom. The van der Waals surface area contributed by atoms with Crippen molar-refractivity contribution in [2.24, 2.45) is 0 Å². The number of H-pyrrole nitrogens is 1. The minimum absolute atomic E-state index is 0.339. The van der Waals surface area contributed by atoms with Crippen LogP contribution in [0.4, 0.5) is 0 Å². The smallest absolute Gasteiger partial charge is 0.273 e. The summed E-state index contributed by atoms with van der Waals surface area (Å²) in [7, 11) is 0. The van der Waals surface area contributed by atoms with Gasteiger partial charge in [-0.1, -0.05) is 0 Å². The number of rotatable bonds is 0. The van der Waals surface area contributed by atoms with Gasteiger partial charge < -0.3 is 0 Å². The second kappa shape index (κ2) is 2.42. The van der Waals surface area contributed by atoms with Gasteiger partial charge in [0.25, 0.3) is 5.56 Å². The van der Waals surface area contributed by atoms with E-state index in [2.05, 4.69) is 0 Å². The fourth-order valence-electron chi connectivity index (χ4n) is 0.641. The van der Waals surface area contributed by atoms with Gasteiger partial charge in [-0.15, -0.1) is 0 Å². The van der Waals surface area contributed by atoms with Crippen LogP contribution >= 0.6 is 0 Å². The minimum atomic E-state index is -0.705. The van der Waals surface area contributed by atoms with Gasteiger partial charge in [0.2, 0.25) is 0 Å². The number of aromatic amines is 1. The number of nitrogens with one attached hydrogen (secondary N) is 1. The van der Waals surface area contributed by atoms with Gasteiger partial charge in [0.05, 0.1) is 0 Å². The summed E-state index contributed by atoms with van der Waals surface area (Å²) in [6.07, 6.45) is 2.79. The molecule has 1 rings (SSSR count). The molecule has 0 radical (unpaired) electrons. The lowest BCUT2D eigenvalue weighted by Crippen LogP contribution is -2.28. The molecule has 1 N–H and O–H groups in total. The Hall–Kier alpha value is -1.83. The number of aryl methyl sites for hydroxylation is 1. The van der Waals surface area contributed by atoms with Crippen LogP contribution in [0.2, 0.25) is 0 Å². The second-order valence-corrected chi connectivity index (χ2v) is 2.04. The highest BCUT2D eigenvalue weighted by Crippen LogP contribution is 1.79. The highest BCUT2D eigenvalue weighted by molar-refractivity contribution is 5.03. The first kappa shape index (κ1) is 7.28. The lowest BCUT2D eigenvalue weighted by molar-refractivity contribution is 0.892. The lowest BCUT2D eigenvalue weighted by Gasteiger charge is -1.91. The van der Waals surface area contributed by atoms with Crippen molar-refractivity contribution >= 4 is 0 Å². The normalized spacial score (nSPS) is 9.09. The first-order chi connectivity index (χ1) is 5.15. The fraction of sp³-hybridized carbons (Fsp3) is 0.167. The summed E-state index contributed by atoms with van der Waals surface area (Å²) < 4.78 is 0.761. The summed E-state index contributed by atoms with van der Waals surface area (Å²) in [4.78, 5) is 23.4. The third-order valence-electron chi connectivity index (χ3n) is 1.23. The van der Waals surface area contributed by atoms with Crippen molar-refractivity contribution in [1.82, 2.24) is 9.55 Å². The summed E-state index contributed by atoms with van der Waals surface area (Å²) >= 11 is 0. The second-order valence-electron chi connectivity index (χ2n) is 2.04. The summed E-state index contributed by atoms with van der Waals surface area (Å²) in [5.74, 6) is 0. The molecule has 5 nitrogen and oxygen atoms in total. The number of hydrogen-bond donors (Lipinski definition) is 1. The van der Waals surface area contributed by atoms with E-state index < -0.39 is 11.2 Å². The summed E-state index contributed by atoms with van der Waals surface area (Å²) in [6.45, 7) is 1.52. The Balaban J connectivity index is 3.61. The average Bonchev–Trinajstić information content (AvgIpc) is 1.97. The van der Waals surface area contributed by atoms with Crippen LogP contribution < -0.4 is 11.2 Å². The van der Waals surface area contributed by atoms with Crippen molar-refractivity contribution in [3.05, 3.63) is 32.6 Å². The van der Waals surface area contributed by atoms with Crippen LogP contribution in [0, 0.1) is 18.4 Å². The van der Waals surface area contributed by atoms with E-state index in [1.54, 1.807) is 6.19 Å². The van der Waals surface area contributed by atoms with Crippen LogP contribution in [0.25, 0.3) is 0 Å². The van der Waals surface area contributed by atoms with Crippen molar-refractivity contribution in [3.63, 3.8) is 0 Å². The lowest BCUT2D eigenvalue weighted by atomic mass is 10.4. The van der Waals surface area contributed by atoms with Crippen molar-refractivity contribution in [2.45, 2.75) is 6.92 Å². The highest BCUT2D eigenvalue weighted by Gasteiger charge is 1.97. The molecule has 56 valence electrons. The van der Waals surface area contributed by atoms with Gasteiger partial charge in [-0.05, 0) is 6.92 Å². The molecular formula is C6H5N3O2. The molecule has 0 saturated heterocycles. The van der Waals surface area contributed by atoms with Gasteiger partial charge in [-0.3, -0.25) is 9.78 Å². The van der Waals surface area contributed by atoms with E-state index in [0.717, 1.165) is 4.57 Å². The first-order valence-electron chi connectivity index (χ1n) is 2.88. The van der Waals surface area contributed by atoms with Crippen molar-refractivity contribution in [2.75, 3.05) is 0 Å². The molecule has 5 heteroatoms. The van der Waals surface area contributed by atoms with Gasteiger partial charge in [0.15, 0.2) is 6.19 Å². The van der Waals surface area contributed by atoms with Crippen LogP contribution in [-0.4, -0.2) is 9.55 Å². The zero-order valence-corrected chi connectivity index (χ0v) is 5.79. The molecule has 0 fully saturated rings. The quantitative estimate of drug-likeness (QED) is 0.525.